The summed E-state index contributed by atoms with van der Waals surface area (Å²) in [5.74, 6) is -0.0419. The van der Waals surface area contributed by atoms with Crippen LogP contribution in [0, 0.1) is 5.92 Å². The zero-order valence-corrected chi connectivity index (χ0v) is 13.4. The van der Waals surface area contributed by atoms with Crippen molar-refractivity contribution in [3.05, 3.63) is 0 Å². The highest BCUT2D eigenvalue weighted by Gasteiger charge is 2.38. The minimum Gasteiger partial charge on any atom is -0.460 e. The van der Waals surface area contributed by atoms with Crippen molar-refractivity contribution < 1.29 is 18.7 Å². The molecule has 0 radical (unpaired) electrons. The van der Waals surface area contributed by atoms with E-state index in [-0.39, 0.29) is 24.1 Å². The van der Waals surface area contributed by atoms with Crippen LogP contribution in [0.1, 0.15) is 27.7 Å². The molecule has 106 valence electrons. The summed E-state index contributed by atoms with van der Waals surface area (Å²) in [5.41, 5.74) is 0.582. The third-order valence-corrected chi connectivity index (χ3v) is 7.67. The summed E-state index contributed by atoms with van der Waals surface area (Å²) >= 11 is 0. The van der Waals surface area contributed by atoms with Crippen LogP contribution in [0.3, 0.4) is 0 Å². The maximum Gasteiger partial charge on any atom is 0.302 e. The van der Waals surface area contributed by atoms with Gasteiger partial charge in [0.05, 0.1) is 19.3 Å². The summed E-state index contributed by atoms with van der Waals surface area (Å²) in [6, 6.07) is 0. The zero-order valence-electron chi connectivity index (χ0n) is 12.4. The van der Waals surface area contributed by atoms with E-state index in [0.29, 0.717) is 18.8 Å². The Balaban J connectivity index is 2.43. The number of ether oxygens (including phenoxy) is 2. The van der Waals surface area contributed by atoms with E-state index in [2.05, 4.69) is 33.9 Å². The number of carbonyl (C=O) groups is 1. The van der Waals surface area contributed by atoms with Crippen LogP contribution in [0.2, 0.25) is 18.6 Å². The van der Waals surface area contributed by atoms with Crippen LogP contribution in [-0.4, -0.2) is 39.7 Å². The Labute approximate surface area is 111 Å². The smallest absolute Gasteiger partial charge is 0.302 e. The van der Waals surface area contributed by atoms with Crippen LogP contribution >= 0.6 is 0 Å². The first-order chi connectivity index (χ1) is 8.24. The molecule has 0 spiro atoms. The van der Waals surface area contributed by atoms with E-state index in [9.17, 15) is 4.79 Å². The summed E-state index contributed by atoms with van der Waals surface area (Å²) in [6.07, 6.45) is -0.0835. The van der Waals surface area contributed by atoms with Gasteiger partial charge in [-0.2, -0.15) is 0 Å². The Bertz CT molecular complexity index is 291. The van der Waals surface area contributed by atoms with Gasteiger partial charge in [0, 0.05) is 12.8 Å². The van der Waals surface area contributed by atoms with Crippen molar-refractivity contribution in [3.8, 4) is 0 Å². The highest BCUT2D eigenvalue weighted by Crippen LogP contribution is 2.27. The highest BCUT2D eigenvalue weighted by atomic mass is 28.4. The molecule has 1 saturated heterocycles. The normalized spacial score (nSPS) is 28.7. The molecule has 0 amide bonds. The first-order valence-electron chi connectivity index (χ1n) is 6.67. The molecular formula is C13H26O4Si. The van der Waals surface area contributed by atoms with Crippen molar-refractivity contribution in [2.75, 3.05) is 13.2 Å². The van der Waals surface area contributed by atoms with Crippen molar-refractivity contribution >= 4 is 14.3 Å². The summed E-state index contributed by atoms with van der Waals surface area (Å²) in [5, 5.41) is 0. The third-order valence-electron chi connectivity index (χ3n) is 3.97. The largest absolute Gasteiger partial charge is 0.460 e. The second-order valence-electron chi connectivity index (χ2n) is 5.95. The number of rotatable bonds is 5. The van der Waals surface area contributed by atoms with Gasteiger partial charge in [-0.15, -0.1) is 0 Å². The highest BCUT2D eigenvalue weighted by molar-refractivity contribution is 6.72. The van der Waals surface area contributed by atoms with Crippen molar-refractivity contribution in [3.63, 3.8) is 0 Å². The molecule has 1 aliphatic heterocycles. The molecule has 4 nitrogen and oxygen atoms in total. The first kappa shape index (κ1) is 15.7. The molecule has 1 fully saturated rings. The van der Waals surface area contributed by atoms with Crippen LogP contribution in [-0.2, 0) is 18.7 Å². The molecule has 0 saturated carbocycles. The van der Waals surface area contributed by atoms with Gasteiger partial charge in [-0.25, -0.2) is 0 Å². The average molecular weight is 274 g/mol. The van der Waals surface area contributed by atoms with Crippen LogP contribution < -0.4 is 0 Å². The number of carbonyl (C=O) groups excluding carboxylic acids is 1. The molecule has 3 atom stereocenters. The van der Waals surface area contributed by atoms with Crippen molar-refractivity contribution in [1.29, 1.82) is 0 Å². The van der Waals surface area contributed by atoms with Gasteiger partial charge in [-0.1, -0.05) is 20.8 Å². The lowest BCUT2D eigenvalue weighted by Crippen LogP contribution is -2.38. The van der Waals surface area contributed by atoms with Crippen LogP contribution in [0.5, 0.6) is 0 Å². The molecule has 18 heavy (non-hydrogen) atoms. The fourth-order valence-electron chi connectivity index (χ4n) is 1.78. The molecule has 0 bridgehead atoms. The van der Waals surface area contributed by atoms with Gasteiger partial charge >= 0.3 is 5.97 Å². The zero-order chi connectivity index (χ0) is 13.9. The summed E-state index contributed by atoms with van der Waals surface area (Å²) in [4.78, 5) is 11.0. The molecule has 0 aromatic rings. The van der Waals surface area contributed by atoms with Crippen molar-refractivity contribution in [2.45, 2.75) is 58.5 Å². The maximum absolute atomic E-state index is 11.0. The Hall–Kier alpha value is -0.393. The number of esters is 1. The predicted molar refractivity (Wildman–Crippen MR) is 73.0 cm³/mol. The first-order valence-corrected chi connectivity index (χ1v) is 9.65. The summed E-state index contributed by atoms with van der Waals surface area (Å²) in [6.45, 7) is 13.4. The Morgan fingerprint density at radius 1 is 1.44 bits per heavy atom. The molecule has 0 aromatic heterocycles. The van der Waals surface area contributed by atoms with E-state index >= 15 is 0 Å². The van der Waals surface area contributed by atoms with Gasteiger partial charge in [0.15, 0.2) is 8.32 Å². The maximum atomic E-state index is 11.0. The number of hydrogen-bond acceptors (Lipinski definition) is 4. The summed E-state index contributed by atoms with van der Waals surface area (Å²) in [7, 11) is -1.62. The topological polar surface area (TPSA) is 44.8 Å². The van der Waals surface area contributed by atoms with Gasteiger partial charge in [0.2, 0.25) is 0 Å². The van der Waals surface area contributed by atoms with Crippen LogP contribution in [0.25, 0.3) is 0 Å². The fourth-order valence-corrected chi connectivity index (χ4v) is 2.71. The van der Waals surface area contributed by atoms with Crippen molar-refractivity contribution in [1.82, 2.24) is 0 Å². The molecule has 1 rings (SSSR count). The van der Waals surface area contributed by atoms with Crippen molar-refractivity contribution in [2.24, 2.45) is 5.92 Å². The lowest BCUT2D eigenvalue weighted by Gasteiger charge is -2.29. The van der Waals surface area contributed by atoms with Crippen LogP contribution in [0.15, 0.2) is 0 Å². The van der Waals surface area contributed by atoms with Gasteiger partial charge in [-0.05, 0) is 18.6 Å². The molecule has 0 aromatic carbocycles. The molecule has 0 N–H and O–H groups in total. The van der Waals surface area contributed by atoms with E-state index in [1.807, 2.05) is 0 Å². The quantitative estimate of drug-likeness (QED) is 0.571. The predicted octanol–water partition coefficient (Wildman–Crippen LogP) is 2.58. The number of hydrogen-bond donors (Lipinski definition) is 0. The second kappa shape index (κ2) is 6.17. The molecular weight excluding hydrogens is 248 g/mol. The Morgan fingerprint density at radius 2 is 2.06 bits per heavy atom. The SMILES string of the molecule is CC(=O)OC1COC(CO[Si](C)(C)C(C)C)C1C. The monoisotopic (exact) mass is 274 g/mol. The fraction of sp³-hybridized carbons (Fsp3) is 0.923. The third kappa shape index (κ3) is 4.07. The lowest BCUT2D eigenvalue weighted by molar-refractivity contribution is -0.147. The molecule has 1 heterocycles. The van der Waals surface area contributed by atoms with Gasteiger partial charge in [-0.3, -0.25) is 4.79 Å². The lowest BCUT2D eigenvalue weighted by atomic mass is 10.0. The van der Waals surface area contributed by atoms with Gasteiger partial charge < -0.3 is 13.9 Å². The van der Waals surface area contributed by atoms with E-state index in [1.165, 1.54) is 6.92 Å². The average Bonchev–Trinajstić information content (AvgIpc) is 2.57. The Kier molecular flexibility index (Phi) is 5.37. The molecule has 3 unspecified atom stereocenters. The Morgan fingerprint density at radius 3 is 2.56 bits per heavy atom. The minimum atomic E-state index is -1.62. The van der Waals surface area contributed by atoms with Crippen LogP contribution in [0.4, 0.5) is 0 Å². The minimum absolute atomic E-state index is 0.0416. The second-order valence-corrected chi connectivity index (χ2v) is 10.6. The van der Waals surface area contributed by atoms with E-state index in [4.69, 9.17) is 13.9 Å². The summed E-state index contributed by atoms with van der Waals surface area (Å²) < 4.78 is 17.0. The van der Waals surface area contributed by atoms with E-state index < -0.39 is 8.32 Å². The van der Waals surface area contributed by atoms with Gasteiger partial charge in [0.1, 0.15) is 6.10 Å². The van der Waals surface area contributed by atoms with Gasteiger partial charge in [0.25, 0.3) is 0 Å². The molecule has 0 aliphatic carbocycles. The molecule has 5 heteroatoms. The molecule has 1 aliphatic rings. The standard InChI is InChI=1S/C13H26O4Si/c1-9(2)18(5,6)16-8-12-10(3)13(7-15-12)17-11(4)14/h9-10,12-13H,7-8H2,1-6H3. The van der Waals surface area contributed by atoms with E-state index in [0.717, 1.165) is 0 Å². The van der Waals surface area contributed by atoms with E-state index in [1.54, 1.807) is 0 Å².